The van der Waals surface area contributed by atoms with E-state index in [9.17, 15) is 18.0 Å². The summed E-state index contributed by atoms with van der Waals surface area (Å²) in [4.78, 5) is 16.2. The van der Waals surface area contributed by atoms with E-state index in [2.05, 4.69) is 10.3 Å². The van der Waals surface area contributed by atoms with Gasteiger partial charge in [-0.3, -0.25) is 9.20 Å². The van der Waals surface area contributed by atoms with Crippen LogP contribution >= 0.6 is 0 Å². The third-order valence-corrected chi connectivity index (χ3v) is 3.25. The number of nitrogens with zero attached hydrogens (tertiary/aromatic N) is 2. The fourth-order valence-electron chi connectivity index (χ4n) is 2.09. The molecule has 7 heteroatoms. The molecule has 0 aromatic carbocycles. The summed E-state index contributed by atoms with van der Waals surface area (Å²) >= 11 is 0. The maximum absolute atomic E-state index is 12.7. The van der Waals surface area contributed by atoms with Crippen molar-refractivity contribution in [1.29, 1.82) is 0 Å². The van der Waals surface area contributed by atoms with Crippen LogP contribution in [0.4, 0.5) is 13.2 Å². The molecular weight excluding hydrogens is 271 g/mol. The molecule has 0 unspecified atom stereocenters. The molecule has 0 bridgehead atoms. The Morgan fingerprint density at radius 2 is 2.10 bits per heavy atom. The first-order valence-electron chi connectivity index (χ1n) is 6.23. The summed E-state index contributed by atoms with van der Waals surface area (Å²) in [6.45, 7) is 1.61. The lowest BCUT2D eigenvalue weighted by atomic mass is 10.2. The Labute approximate surface area is 112 Å². The van der Waals surface area contributed by atoms with Crippen LogP contribution in [-0.2, 0) is 6.18 Å². The van der Waals surface area contributed by atoms with E-state index in [0.717, 1.165) is 25.1 Å². The Bertz CT molecular complexity index is 686. The van der Waals surface area contributed by atoms with Gasteiger partial charge in [-0.2, -0.15) is 13.2 Å². The fourth-order valence-corrected chi connectivity index (χ4v) is 2.09. The zero-order valence-corrected chi connectivity index (χ0v) is 10.7. The highest BCUT2D eigenvalue weighted by molar-refractivity contribution is 5.95. The first kappa shape index (κ1) is 13.0. The molecule has 106 valence electrons. The number of hydrogen-bond acceptors (Lipinski definition) is 2. The van der Waals surface area contributed by atoms with Crippen LogP contribution < -0.4 is 5.32 Å². The van der Waals surface area contributed by atoms with Crippen LogP contribution in [0.3, 0.4) is 0 Å². The highest BCUT2D eigenvalue weighted by Gasteiger charge is 2.32. The van der Waals surface area contributed by atoms with Crippen molar-refractivity contribution in [3.63, 3.8) is 0 Å². The zero-order chi connectivity index (χ0) is 14.5. The molecule has 1 saturated carbocycles. The van der Waals surface area contributed by atoms with Gasteiger partial charge >= 0.3 is 6.18 Å². The number of carbonyl (C=O) groups excluding carboxylic acids is 1. The second-order valence-corrected chi connectivity index (χ2v) is 4.94. The Morgan fingerprint density at radius 3 is 2.70 bits per heavy atom. The van der Waals surface area contributed by atoms with Gasteiger partial charge < -0.3 is 5.32 Å². The number of rotatable bonds is 2. The monoisotopic (exact) mass is 283 g/mol. The molecule has 2 aromatic rings. The molecule has 20 heavy (non-hydrogen) atoms. The number of halogens is 3. The van der Waals surface area contributed by atoms with Crippen molar-refractivity contribution in [3.8, 4) is 0 Å². The van der Waals surface area contributed by atoms with Crippen molar-refractivity contribution in [3.05, 3.63) is 35.3 Å². The number of alkyl halides is 3. The van der Waals surface area contributed by atoms with Gasteiger partial charge in [-0.1, -0.05) is 0 Å². The molecule has 2 aromatic heterocycles. The summed E-state index contributed by atoms with van der Waals surface area (Å²) in [5.74, 6) is -0.378. The van der Waals surface area contributed by atoms with Crippen molar-refractivity contribution in [2.45, 2.75) is 32.0 Å². The van der Waals surface area contributed by atoms with Crippen LogP contribution in [-0.4, -0.2) is 21.3 Å². The van der Waals surface area contributed by atoms with Crippen LogP contribution in [0.1, 0.15) is 34.6 Å². The molecule has 3 rings (SSSR count). The van der Waals surface area contributed by atoms with Gasteiger partial charge in [0.1, 0.15) is 11.3 Å². The van der Waals surface area contributed by atoms with E-state index in [1.54, 1.807) is 6.92 Å². The molecule has 1 fully saturated rings. The molecule has 0 saturated heterocycles. The summed E-state index contributed by atoms with van der Waals surface area (Å²) in [6, 6.07) is 2.37. The molecule has 1 aliphatic carbocycles. The minimum Gasteiger partial charge on any atom is -0.348 e. The zero-order valence-electron chi connectivity index (χ0n) is 10.7. The number of fused-ring (bicyclic) bond motifs is 1. The van der Waals surface area contributed by atoms with Crippen LogP contribution in [0.25, 0.3) is 5.65 Å². The van der Waals surface area contributed by atoms with E-state index in [0.29, 0.717) is 11.3 Å². The third kappa shape index (κ3) is 2.23. The van der Waals surface area contributed by atoms with Gasteiger partial charge in [0, 0.05) is 12.2 Å². The van der Waals surface area contributed by atoms with E-state index >= 15 is 0 Å². The number of pyridine rings is 1. The van der Waals surface area contributed by atoms with Crippen LogP contribution in [0.2, 0.25) is 0 Å². The minimum atomic E-state index is -4.45. The van der Waals surface area contributed by atoms with Gasteiger partial charge in [0.2, 0.25) is 0 Å². The van der Waals surface area contributed by atoms with E-state index in [4.69, 9.17) is 0 Å². The maximum atomic E-state index is 12.7. The lowest BCUT2D eigenvalue weighted by Gasteiger charge is -2.08. The van der Waals surface area contributed by atoms with E-state index in [-0.39, 0.29) is 17.6 Å². The Morgan fingerprint density at radius 1 is 1.40 bits per heavy atom. The van der Waals surface area contributed by atoms with Gasteiger partial charge in [0.15, 0.2) is 0 Å². The summed E-state index contributed by atoms with van der Waals surface area (Å²) in [6.07, 6.45) is -1.71. The molecule has 0 radical (unpaired) electrons. The number of amides is 1. The normalized spacial score (nSPS) is 15.6. The van der Waals surface area contributed by atoms with Crippen LogP contribution in [0, 0.1) is 6.92 Å². The lowest BCUT2D eigenvalue weighted by molar-refractivity contribution is -0.137. The number of imidazole rings is 1. The second kappa shape index (κ2) is 4.22. The van der Waals surface area contributed by atoms with Crippen molar-refractivity contribution >= 4 is 11.6 Å². The SMILES string of the molecule is Cc1nc2ccc(C(F)(F)F)cn2c1C(=O)NC1CC1. The van der Waals surface area contributed by atoms with Crippen LogP contribution in [0.5, 0.6) is 0 Å². The predicted molar refractivity (Wildman–Crippen MR) is 65.4 cm³/mol. The Balaban J connectivity index is 2.09. The lowest BCUT2D eigenvalue weighted by Crippen LogP contribution is -2.27. The van der Waals surface area contributed by atoms with Crippen molar-refractivity contribution < 1.29 is 18.0 Å². The van der Waals surface area contributed by atoms with Gasteiger partial charge in [-0.05, 0) is 31.9 Å². The Hall–Kier alpha value is -2.05. The van der Waals surface area contributed by atoms with Gasteiger partial charge in [0.05, 0.1) is 11.3 Å². The summed E-state index contributed by atoms with van der Waals surface area (Å²) in [7, 11) is 0. The largest absolute Gasteiger partial charge is 0.417 e. The highest BCUT2D eigenvalue weighted by Crippen LogP contribution is 2.30. The predicted octanol–water partition coefficient (Wildman–Crippen LogP) is 2.55. The molecule has 0 aliphatic heterocycles. The number of aryl methyl sites for hydroxylation is 1. The van der Waals surface area contributed by atoms with Crippen molar-refractivity contribution in [2.24, 2.45) is 0 Å². The number of carbonyl (C=O) groups is 1. The quantitative estimate of drug-likeness (QED) is 0.920. The number of aromatic nitrogens is 2. The standard InChI is InChI=1S/C13H12F3N3O/c1-7-11(12(20)18-9-3-4-9)19-6-8(13(14,15)16)2-5-10(19)17-7/h2,5-6,9H,3-4H2,1H3,(H,18,20). The first-order valence-corrected chi connectivity index (χ1v) is 6.23. The molecule has 1 N–H and O–H groups in total. The second-order valence-electron chi connectivity index (χ2n) is 4.94. The molecule has 0 spiro atoms. The molecular formula is C13H12F3N3O. The first-order chi connectivity index (χ1) is 9.36. The number of hydrogen-bond donors (Lipinski definition) is 1. The van der Waals surface area contributed by atoms with E-state index in [1.165, 1.54) is 10.5 Å². The van der Waals surface area contributed by atoms with Crippen LogP contribution in [0.15, 0.2) is 18.3 Å². The number of nitrogens with one attached hydrogen (secondary N) is 1. The summed E-state index contributed by atoms with van der Waals surface area (Å²) in [5, 5.41) is 2.77. The smallest absolute Gasteiger partial charge is 0.348 e. The summed E-state index contributed by atoms with van der Waals surface area (Å²) in [5.41, 5.74) is 0.111. The topological polar surface area (TPSA) is 46.4 Å². The molecule has 1 aliphatic rings. The highest BCUT2D eigenvalue weighted by atomic mass is 19.4. The minimum absolute atomic E-state index is 0.137. The average molecular weight is 283 g/mol. The molecule has 2 heterocycles. The molecule has 4 nitrogen and oxygen atoms in total. The van der Waals surface area contributed by atoms with Gasteiger partial charge in [-0.15, -0.1) is 0 Å². The van der Waals surface area contributed by atoms with Gasteiger partial charge in [-0.25, -0.2) is 4.98 Å². The Kier molecular flexibility index (Phi) is 2.74. The average Bonchev–Trinajstić information content (AvgIpc) is 3.07. The summed E-state index contributed by atoms with van der Waals surface area (Å²) < 4.78 is 39.4. The third-order valence-electron chi connectivity index (χ3n) is 3.25. The van der Waals surface area contributed by atoms with E-state index < -0.39 is 11.7 Å². The van der Waals surface area contributed by atoms with Crippen molar-refractivity contribution in [1.82, 2.24) is 14.7 Å². The van der Waals surface area contributed by atoms with E-state index in [1.807, 2.05) is 0 Å². The fraction of sp³-hybridized carbons (Fsp3) is 0.385. The molecule has 1 amide bonds. The maximum Gasteiger partial charge on any atom is 0.417 e. The molecule has 0 atom stereocenters. The van der Waals surface area contributed by atoms with Gasteiger partial charge in [0.25, 0.3) is 5.91 Å². The van der Waals surface area contributed by atoms with Crippen molar-refractivity contribution in [2.75, 3.05) is 0 Å².